The third kappa shape index (κ3) is 6.37. The zero-order valence-corrected chi connectivity index (χ0v) is 9.02. The monoisotopic (exact) mass is 212 g/mol. The Morgan fingerprint density at radius 2 is 1.86 bits per heavy atom. The Hall–Kier alpha value is -1.16. The van der Waals surface area contributed by atoms with Crippen LogP contribution in [0.15, 0.2) is 37.6 Å². The van der Waals surface area contributed by atoms with Gasteiger partial charge in [-0.05, 0) is 12.2 Å². The molecule has 0 aliphatic carbocycles. The minimum Gasteiger partial charge on any atom is -0.384 e. The average Bonchev–Trinajstić information content (AvgIpc) is 2.22. The third-order valence-electron chi connectivity index (χ3n) is 1.51. The molecule has 0 radical (unpaired) electrons. The van der Waals surface area contributed by atoms with Gasteiger partial charge in [0.25, 0.3) is 0 Å². The Bertz CT molecular complexity index is 214. The predicted octanol–water partition coefficient (Wildman–Crippen LogP) is 0.876. The predicted molar refractivity (Wildman–Crippen MR) is 63.3 cm³/mol. The summed E-state index contributed by atoms with van der Waals surface area (Å²) in [5.74, 6) is -0.188. The minimum absolute atomic E-state index is 0.0376. The van der Waals surface area contributed by atoms with Gasteiger partial charge in [0.15, 0.2) is 0 Å². The van der Waals surface area contributed by atoms with Gasteiger partial charge in [-0.1, -0.05) is 19.7 Å². The summed E-state index contributed by atoms with van der Waals surface area (Å²) >= 11 is 4.27. The summed E-state index contributed by atoms with van der Waals surface area (Å²) in [6, 6.07) is 0. The highest BCUT2D eigenvalue weighted by Crippen LogP contribution is 1.93. The average molecular weight is 212 g/mol. The van der Waals surface area contributed by atoms with Gasteiger partial charge in [0.05, 0.1) is 0 Å². The van der Waals surface area contributed by atoms with E-state index in [0.717, 1.165) is 5.70 Å². The lowest BCUT2D eigenvalue weighted by Gasteiger charge is -2.12. The van der Waals surface area contributed by atoms with Gasteiger partial charge in [0, 0.05) is 24.0 Å². The summed E-state index contributed by atoms with van der Waals surface area (Å²) in [5.41, 5.74) is 0.749. The van der Waals surface area contributed by atoms with Crippen molar-refractivity contribution in [2.24, 2.45) is 0 Å². The van der Waals surface area contributed by atoms with Crippen molar-refractivity contribution in [2.75, 3.05) is 13.1 Å². The lowest BCUT2D eigenvalue weighted by molar-refractivity contribution is -0.116. The van der Waals surface area contributed by atoms with E-state index in [9.17, 15) is 4.79 Å². The Morgan fingerprint density at radius 3 is 2.36 bits per heavy atom. The second-order valence-electron chi connectivity index (χ2n) is 2.71. The molecule has 0 bridgehead atoms. The highest BCUT2D eigenvalue weighted by Gasteiger charge is 2.03. The lowest BCUT2D eigenvalue weighted by Crippen LogP contribution is -2.33. The molecule has 0 fully saturated rings. The molecule has 14 heavy (non-hydrogen) atoms. The van der Waals surface area contributed by atoms with Gasteiger partial charge in [0.1, 0.15) is 0 Å². The van der Waals surface area contributed by atoms with Crippen molar-refractivity contribution in [2.45, 2.75) is 5.25 Å². The maximum Gasteiger partial charge on any atom is 0.243 e. The molecule has 0 aliphatic heterocycles. The van der Waals surface area contributed by atoms with Gasteiger partial charge in [-0.15, -0.1) is 0 Å². The highest BCUT2D eigenvalue weighted by atomic mass is 32.1. The Labute approximate surface area is 90.4 Å². The molecule has 3 nitrogen and oxygen atoms in total. The van der Waals surface area contributed by atoms with E-state index in [1.165, 1.54) is 6.08 Å². The molecule has 0 aromatic rings. The Balaban J connectivity index is 3.60. The molecule has 0 aromatic heterocycles. The van der Waals surface area contributed by atoms with Crippen LogP contribution in [0.4, 0.5) is 0 Å². The zero-order valence-electron chi connectivity index (χ0n) is 8.12. The summed E-state index contributed by atoms with van der Waals surface area (Å²) in [7, 11) is 0. The van der Waals surface area contributed by atoms with Crippen LogP contribution < -0.4 is 10.6 Å². The van der Waals surface area contributed by atoms with E-state index < -0.39 is 0 Å². The molecule has 0 rings (SSSR count). The first kappa shape index (κ1) is 12.8. The van der Waals surface area contributed by atoms with Crippen molar-refractivity contribution in [3.05, 3.63) is 37.6 Å². The van der Waals surface area contributed by atoms with Crippen molar-refractivity contribution in [3.8, 4) is 0 Å². The Morgan fingerprint density at radius 1 is 1.29 bits per heavy atom. The number of thiol groups is 1. The van der Waals surface area contributed by atoms with E-state index in [-0.39, 0.29) is 11.2 Å². The number of hydrogen-bond acceptors (Lipinski definition) is 3. The first-order chi connectivity index (χ1) is 6.60. The molecule has 4 heteroatoms. The van der Waals surface area contributed by atoms with E-state index in [1.54, 1.807) is 6.08 Å². The largest absolute Gasteiger partial charge is 0.384 e. The molecular formula is C10H16N2OS. The fourth-order valence-corrected chi connectivity index (χ4v) is 0.866. The van der Waals surface area contributed by atoms with Gasteiger partial charge in [-0.25, -0.2) is 0 Å². The first-order valence-corrected chi connectivity index (χ1v) is 4.75. The third-order valence-corrected chi connectivity index (χ3v) is 1.87. The normalized spacial score (nSPS) is 11.2. The van der Waals surface area contributed by atoms with Gasteiger partial charge in [0.2, 0.25) is 5.91 Å². The summed E-state index contributed by atoms with van der Waals surface area (Å²) in [4.78, 5) is 10.8. The van der Waals surface area contributed by atoms with Crippen LogP contribution in [0.1, 0.15) is 0 Å². The smallest absolute Gasteiger partial charge is 0.243 e. The van der Waals surface area contributed by atoms with Crippen LogP contribution in [0.5, 0.6) is 0 Å². The van der Waals surface area contributed by atoms with Crippen LogP contribution in [-0.4, -0.2) is 24.2 Å². The molecule has 0 saturated carbocycles. The number of nitrogens with one attached hydrogen (secondary N) is 2. The number of amides is 1. The van der Waals surface area contributed by atoms with E-state index in [0.29, 0.717) is 13.1 Å². The van der Waals surface area contributed by atoms with Crippen LogP contribution in [0.25, 0.3) is 0 Å². The fourth-order valence-electron chi connectivity index (χ4n) is 0.684. The molecule has 0 saturated heterocycles. The van der Waals surface area contributed by atoms with E-state index in [2.05, 4.69) is 43.0 Å². The van der Waals surface area contributed by atoms with Crippen LogP contribution in [-0.2, 0) is 4.79 Å². The van der Waals surface area contributed by atoms with Crippen LogP contribution in [0, 0.1) is 0 Å². The number of allylic oxidation sites excluding steroid dienone is 1. The van der Waals surface area contributed by atoms with Gasteiger partial charge < -0.3 is 10.6 Å². The molecular weight excluding hydrogens is 196 g/mol. The molecule has 1 atom stereocenters. The van der Waals surface area contributed by atoms with Crippen molar-refractivity contribution < 1.29 is 4.79 Å². The summed E-state index contributed by atoms with van der Waals surface area (Å²) in [6.07, 6.45) is 2.86. The number of hydrogen-bond donors (Lipinski definition) is 3. The topological polar surface area (TPSA) is 41.1 Å². The molecule has 1 unspecified atom stereocenters. The standard InChI is InChI=1S/C10H16N2OS/c1-4-8(3)11-6-9(14)7-12-10(13)5-2/h4-5,9,11,14H,1-3,6-7H2,(H,12,13). The second kappa shape index (κ2) is 7.26. The number of carbonyl (C=O) groups excluding carboxylic acids is 1. The molecule has 0 aromatic carbocycles. The summed E-state index contributed by atoms with van der Waals surface area (Å²) in [6.45, 7) is 11.7. The van der Waals surface area contributed by atoms with Crippen molar-refractivity contribution in [1.82, 2.24) is 10.6 Å². The molecule has 78 valence electrons. The SMILES string of the molecule is C=CC(=C)NCC(S)CNC(=O)C=C. The van der Waals surface area contributed by atoms with Gasteiger partial charge >= 0.3 is 0 Å². The van der Waals surface area contributed by atoms with E-state index in [1.807, 2.05) is 0 Å². The lowest BCUT2D eigenvalue weighted by atomic mass is 10.3. The van der Waals surface area contributed by atoms with Crippen molar-refractivity contribution in [3.63, 3.8) is 0 Å². The first-order valence-electron chi connectivity index (χ1n) is 4.23. The van der Waals surface area contributed by atoms with Crippen LogP contribution in [0.2, 0.25) is 0 Å². The molecule has 0 aliphatic rings. The quantitative estimate of drug-likeness (QED) is 0.333. The fraction of sp³-hybridized carbons (Fsp3) is 0.300. The molecule has 2 N–H and O–H groups in total. The second-order valence-corrected chi connectivity index (χ2v) is 3.44. The highest BCUT2D eigenvalue weighted by molar-refractivity contribution is 7.81. The zero-order chi connectivity index (χ0) is 11.0. The Kier molecular flexibility index (Phi) is 6.66. The van der Waals surface area contributed by atoms with Crippen molar-refractivity contribution >= 4 is 18.5 Å². The van der Waals surface area contributed by atoms with E-state index >= 15 is 0 Å². The molecule has 0 heterocycles. The van der Waals surface area contributed by atoms with Crippen LogP contribution >= 0.6 is 12.6 Å². The maximum atomic E-state index is 10.8. The molecule has 1 amide bonds. The van der Waals surface area contributed by atoms with E-state index in [4.69, 9.17) is 0 Å². The van der Waals surface area contributed by atoms with Crippen molar-refractivity contribution in [1.29, 1.82) is 0 Å². The number of rotatable bonds is 7. The number of carbonyl (C=O) groups is 1. The van der Waals surface area contributed by atoms with Gasteiger partial charge in [-0.2, -0.15) is 12.6 Å². The summed E-state index contributed by atoms with van der Waals surface area (Å²) in [5, 5.41) is 5.69. The molecule has 0 spiro atoms. The maximum absolute atomic E-state index is 10.8. The van der Waals surface area contributed by atoms with Gasteiger partial charge in [-0.3, -0.25) is 4.79 Å². The summed E-state index contributed by atoms with van der Waals surface area (Å²) < 4.78 is 0. The van der Waals surface area contributed by atoms with Crippen LogP contribution in [0.3, 0.4) is 0 Å². The minimum atomic E-state index is -0.188.